The highest BCUT2D eigenvalue weighted by molar-refractivity contribution is 6.46. The number of hydrogen-bond acceptors (Lipinski definition) is 5. The van der Waals surface area contributed by atoms with E-state index in [9.17, 15) is 14.7 Å². The van der Waals surface area contributed by atoms with Gasteiger partial charge in [-0.15, -0.1) is 0 Å². The van der Waals surface area contributed by atoms with Crippen LogP contribution < -0.4 is 4.74 Å². The molecule has 0 aromatic heterocycles. The van der Waals surface area contributed by atoms with Crippen LogP contribution in [0.25, 0.3) is 5.76 Å². The van der Waals surface area contributed by atoms with E-state index >= 15 is 0 Å². The number of likely N-dealkylation sites (tertiary alicyclic amines) is 1. The van der Waals surface area contributed by atoms with Gasteiger partial charge in [0.2, 0.25) is 0 Å². The van der Waals surface area contributed by atoms with Gasteiger partial charge in [0.25, 0.3) is 11.7 Å². The summed E-state index contributed by atoms with van der Waals surface area (Å²) in [6.45, 7) is 6.72. The summed E-state index contributed by atoms with van der Waals surface area (Å²) in [6.07, 6.45) is -0.00480. The van der Waals surface area contributed by atoms with E-state index in [-0.39, 0.29) is 30.6 Å². The molecule has 1 amide bonds. The monoisotopic (exact) mass is 443 g/mol. The smallest absolute Gasteiger partial charge is 0.295 e. The van der Waals surface area contributed by atoms with Crippen molar-refractivity contribution in [3.63, 3.8) is 0 Å². The van der Waals surface area contributed by atoms with Crippen molar-refractivity contribution in [2.75, 3.05) is 19.8 Å². The van der Waals surface area contributed by atoms with Crippen molar-refractivity contribution >= 4 is 29.1 Å². The van der Waals surface area contributed by atoms with E-state index in [0.717, 1.165) is 0 Å². The Morgan fingerprint density at radius 1 is 1.10 bits per heavy atom. The van der Waals surface area contributed by atoms with E-state index in [2.05, 4.69) is 0 Å². The zero-order valence-corrected chi connectivity index (χ0v) is 18.6. The average Bonchev–Trinajstić information content (AvgIpc) is 2.99. The van der Waals surface area contributed by atoms with Crippen LogP contribution in [0.5, 0.6) is 5.75 Å². The highest BCUT2D eigenvalue weighted by atomic mass is 35.5. The van der Waals surface area contributed by atoms with Crippen LogP contribution >= 0.6 is 11.6 Å². The molecule has 2 aromatic rings. The lowest BCUT2D eigenvalue weighted by Crippen LogP contribution is -2.33. The molecule has 1 heterocycles. The van der Waals surface area contributed by atoms with Crippen molar-refractivity contribution in [2.45, 2.75) is 32.9 Å². The zero-order valence-electron chi connectivity index (χ0n) is 17.8. The SMILES string of the molecule is CCOc1ccc(C2/C(=C(/O)c3ccc(Cl)cc3)C(=O)C(=O)N2CCOC(C)C)cc1. The fourth-order valence-electron chi connectivity index (χ4n) is 3.52. The fourth-order valence-corrected chi connectivity index (χ4v) is 3.65. The van der Waals surface area contributed by atoms with E-state index in [1.54, 1.807) is 48.5 Å². The third-order valence-corrected chi connectivity index (χ3v) is 5.20. The molecule has 0 saturated carbocycles. The van der Waals surface area contributed by atoms with E-state index in [0.29, 0.717) is 28.5 Å². The Morgan fingerprint density at radius 3 is 2.32 bits per heavy atom. The first kappa shape index (κ1) is 22.8. The van der Waals surface area contributed by atoms with Crippen molar-refractivity contribution in [3.8, 4) is 5.75 Å². The molecule has 164 valence electrons. The Labute approximate surface area is 187 Å². The summed E-state index contributed by atoms with van der Waals surface area (Å²) in [5.41, 5.74) is 1.15. The van der Waals surface area contributed by atoms with Crippen LogP contribution in [0.4, 0.5) is 0 Å². The molecule has 1 atom stereocenters. The molecule has 0 spiro atoms. The maximum Gasteiger partial charge on any atom is 0.295 e. The summed E-state index contributed by atoms with van der Waals surface area (Å²) in [5, 5.41) is 11.5. The van der Waals surface area contributed by atoms with Gasteiger partial charge in [0.15, 0.2) is 0 Å². The third kappa shape index (κ3) is 5.09. The Kier molecular flexibility index (Phi) is 7.36. The molecule has 1 saturated heterocycles. The van der Waals surface area contributed by atoms with Gasteiger partial charge in [-0.05, 0) is 62.7 Å². The first-order valence-corrected chi connectivity index (χ1v) is 10.6. The molecule has 1 aliphatic rings. The number of ketones is 1. The lowest BCUT2D eigenvalue weighted by Gasteiger charge is -2.25. The molecule has 0 bridgehead atoms. The topological polar surface area (TPSA) is 76.1 Å². The highest BCUT2D eigenvalue weighted by Gasteiger charge is 2.45. The Morgan fingerprint density at radius 2 is 1.74 bits per heavy atom. The van der Waals surface area contributed by atoms with Gasteiger partial charge in [0.05, 0.1) is 30.9 Å². The van der Waals surface area contributed by atoms with Crippen molar-refractivity contribution in [3.05, 3.63) is 70.3 Å². The number of amides is 1. The first-order valence-electron chi connectivity index (χ1n) is 10.2. The molecule has 1 aliphatic heterocycles. The molecule has 1 fully saturated rings. The largest absolute Gasteiger partial charge is 0.507 e. The minimum absolute atomic E-state index is 0.00480. The molecular formula is C24H26ClNO5. The van der Waals surface area contributed by atoms with Gasteiger partial charge in [0, 0.05) is 17.1 Å². The summed E-state index contributed by atoms with van der Waals surface area (Å²) in [5.74, 6) is -0.942. The minimum atomic E-state index is -0.734. The molecule has 6 nitrogen and oxygen atoms in total. The number of hydrogen-bond donors (Lipinski definition) is 1. The molecular weight excluding hydrogens is 418 g/mol. The second-order valence-electron chi connectivity index (χ2n) is 7.42. The van der Waals surface area contributed by atoms with Gasteiger partial charge in [0.1, 0.15) is 11.5 Å². The molecule has 3 rings (SSSR count). The van der Waals surface area contributed by atoms with Crippen LogP contribution in [0.1, 0.15) is 37.9 Å². The normalized spacial score (nSPS) is 18.1. The van der Waals surface area contributed by atoms with Crippen LogP contribution in [0.15, 0.2) is 54.1 Å². The number of halogens is 1. The number of benzene rings is 2. The van der Waals surface area contributed by atoms with E-state index in [1.807, 2.05) is 20.8 Å². The van der Waals surface area contributed by atoms with E-state index < -0.39 is 17.7 Å². The molecule has 31 heavy (non-hydrogen) atoms. The fraction of sp³-hybridized carbons (Fsp3) is 0.333. The van der Waals surface area contributed by atoms with Crippen LogP contribution in [-0.4, -0.2) is 47.6 Å². The summed E-state index contributed by atoms with van der Waals surface area (Å²) < 4.78 is 11.1. The van der Waals surface area contributed by atoms with Gasteiger partial charge in [-0.25, -0.2) is 0 Å². The third-order valence-electron chi connectivity index (χ3n) is 4.95. The van der Waals surface area contributed by atoms with Crippen molar-refractivity contribution < 1.29 is 24.2 Å². The molecule has 2 aromatic carbocycles. The van der Waals surface area contributed by atoms with Crippen molar-refractivity contribution in [1.29, 1.82) is 0 Å². The average molecular weight is 444 g/mol. The molecule has 7 heteroatoms. The van der Waals surface area contributed by atoms with Gasteiger partial charge in [-0.3, -0.25) is 9.59 Å². The standard InChI is InChI=1S/C24H26ClNO5/c1-4-30-19-11-7-16(8-12-19)21-20(22(27)17-5-9-18(25)10-6-17)23(28)24(29)26(21)13-14-31-15(2)3/h5-12,15,21,27H,4,13-14H2,1-3H3/b22-20-. The lowest BCUT2D eigenvalue weighted by molar-refractivity contribution is -0.140. The van der Waals surface area contributed by atoms with Crippen LogP contribution in [0.2, 0.25) is 5.02 Å². The summed E-state index contributed by atoms with van der Waals surface area (Å²) in [6, 6.07) is 12.9. The Balaban J connectivity index is 2.05. The predicted octanol–water partition coefficient (Wildman–Crippen LogP) is 4.59. The predicted molar refractivity (Wildman–Crippen MR) is 119 cm³/mol. The first-order chi connectivity index (χ1) is 14.8. The maximum atomic E-state index is 12.9. The van der Waals surface area contributed by atoms with E-state index in [4.69, 9.17) is 21.1 Å². The maximum absolute atomic E-state index is 12.9. The van der Waals surface area contributed by atoms with Gasteiger partial charge in [-0.1, -0.05) is 23.7 Å². The summed E-state index contributed by atoms with van der Waals surface area (Å²) >= 11 is 5.95. The van der Waals surface area contributed by atoms with Crippen molar-refractivity contribution in [2.24, 2.45) is 0 Å². The second kappa shape index (κ2) is 9.98. The van der Waals surface area contributed by atoms with Crippen LogP contribution in [-0.2, 0) is 14.3 Å². The lowest BCUT2D eigenvalue weighted by atomic mass is 9.95. The number of ether oxygens (including phenoxy) is 2. The number of nitrogens with zero attached hydrogens (tertiary/aromatic N) is 1. The molecule has 0 radical (unpaired) electrons. The number of aliphatic hydroxyl groups excluding tert-OH is 1. The Bertz CT molecular complexity index is 966. The Hall–Kier alpha value is -2.83. The summed E-state index contributed by atoms with van der Waals surface area (Å²) in [4.78, 5) is 27.3. The van der Waals surface area contributed by atoms with Gasteiger partial charge >= 0.3 is 0 Å². The summed E-state index contributed by atoms with van der Waals surface area (Å²) in [7, 11) is 0. The highest BCUT2D eigenvalue weighted by Crippen LogP contribution is 2.39. The van der Waals surface area contributed by atoms with Crippen LogP contribution in [0.3, 0.4) is 0 Å². The van der Waals surface area contributed by atoms with Crippen LogP contribution in [0, 0.1) is 0 Å². The zero-order chi connectivity index (χ0) is 22.5. The number of Topliss-reactive ketones (excluding diaryl/α,β-unsaturated/α-hetero) is 1. The molecule has 1 unspecified atom stereocenters. The quantitative estimate of drug-likeness (QED) is 0.367. The van der Waals surface area contributed by atoms with Gasteiger partial charge < -0.3 is 19.5 Å². The van der Waals surface area contributed by atoms with E-state index in [1.165, 1.54) is 4.90 Å². The molecule has 1 N–H and O–H groups in total. The second-order valence-corrected chi connectivity index (χ2v) is 7.86. The van der Waals surface area contributed by atoms with Gasteiger partial charge in [-0.2, -0.15) is 0 Å². The number of rotatable bonds is 8. The molecule has 0 aliphatic carbocycles. The number of carbonyl (C=O) groups is 2. The number of aliphatic hydroxyl groups is 1. The van der Waals surface area contributed by atoms with Crippen molar-refractivity contribution in [1.82, 2.24) is 4.90 Å². The minimum Gasteiger partial charge on any atom is -0.507 e. The number of carbonyl (C=O) groups excluding carboxylic acids is 2.